The number of hydrogen-bond donors (Lipinski definition) is 1. The van der Waals surface area contributed by atoms with E-state index in [9.17, 15) is 4.79 Å². The van der Waals surface area contributed by atoms with E-state index in [-0.39, 0.29) is 6.10 Å². The molecule has 0 radical (unpaired) electrons. The van der Waals surface area contributed by atoms with Gasteiger partial charge in [0, 0.05) is 25.1 Å². The lowest BCUT2D eigenvalue weighted by Crippen LogP contribution is -2.37. The summed E-state index contributed by atoms with van der Waals surface area (Å²) < 4.78 is 17.7. The van der Waals surface area contributed by atoms with E-state index in [0.717, 1.165) is 63.1 Å². The van der Waals surface area contributed by atoms with Gasteiger partial charge in [-0.15, -0.1) is 0 Å². The van der Waals surface area contributed by atoms with E-state index in [1.807, 2.05) is 6.26 Å². The number of rotatable bonds is 5. The monoisotopic (exact) mass is 606 g/mol. The Balaban J connectivity index is 0.918. The van der Waals surface area contributed by atoms with Crippen LogP contribution in [-0.2, 0) is 30.5 Å². The summed E-state index contributed by atoms with van der Waals surface area (Å²) >= 11 is 6.30. The van der Waals surface area contributed by atoms with Gasteiger partial charge in [0.1, 0.15) is 23.2 Å². The molecule has 1 saturated heterocycles. The molecule has 0 bridgehead atoms. The molecule has 1 aliphatic carbocycles. The third-order valence-electron chi connectivity index (χ3n) is 9.93. The number of carbonyl (C=O) groups excluding carboxylic acids is 1. The molecule has 0 amide bonds. The molecular formula is C37H35ClN2O4. The van der Waals surface area contributed by atoms with Crippen LogP contribution in [-0.4, -0.2) is 36.7 Å². The van der Waals surface area contributed by atoms with Crippen molar-refractivity contribution in [1.82, 2.24) is 4.90 Å². The molecule has 1 fully saturated rings. The summed E-state index contributed by atoms with van der Waals surface area (Å²) in [5.41, 5.74) is 12.0. The zero-order chi connectivity index (χ0) is 29.8. The van der Waals surface area contributed by atoms with Crippen molar-refractivity contribution in [2.45, 2.75) is 57.1 Å². The molecule has 7 heteroatoms. The lowest BCUT2D eigenvalue weighted by Gasteiger charge is -2.32. The van der Waals surface area contributed by atoms with Crippen LogP contribution in [0.4, 0.5) is 5.69 Å². The van der Waals surface area contributed by atoms with Crippen LogP contribution in [0.15, 0.2) is 71.3 Å². The number of nitrogens with zero attached hydrogens (tertiary/aromatic N) is 1. The SMILES string of the molecule is Nc1c(Cl)cc(C(=O)OC2CCN(Cc3occc3C3CCc4c(ccc5c4ccc4ccccc45)C3)CC2)c2c1CCO2. The van der Waals surface area contributed by atoms with Gasteiger partial charge in [-0.3, -0.25) is 4.90 Å². The molecule has 4 aromatic carbocycles. The summed E-state index contributed by atoms with van der Waals surface area (Å²) in [4.78, 5) is 15.5. The van der Waals surface area contributed by atoms with Gasteiger partial charge in [0.15, 0.2) is 0 Å². The van der Waals surface area contributed by atoms with E-state index in [4.69, 9.17) is 31.2 Å². The standard InChI is InChI=1S/C37H35ClN2O4/c38-33-20-32(36-31(35(33)39)14-18-43-36)37(41)44-25-11-15-40(16-12-25)21-34-28(13-17-42-34)24-6-8-27-23(19-24)7-10-29-26-4-2-1-3-22(26)5-9-30(27)29/h1-5,7,9-10,13,17,20,24-25H,6,8,11-12,14-16,18-19,21,39H2. The van der Waals surface area contributed by atoms with E-state index in [1.54, 1.807) is 6.07 Å². The molecule has 1 aromatic heterocycles. The first-order valence-corrected chi connectivity index (χ1v) is 16.1. The van der Waals surface area contributed by atoms with Crippen molar-refractivity contribution in [3.05, 3.63) is 106 Å². The number of nitrogens with two attached hydrogens (primary N) is 1. The number of ether oxygens (including phenoxy) is 2. The lowest BCUT2D eigenvalue weighted by molar-refractivity contribution is 0.00939. The molecule has 44 heavy (non-hydrogen) atoms. The van der Waals surface area contributed by atoms with Gasteiger partial charge < -0.3 is 19.6 Å². The average molecular weight is 607 g/mol. The van der Waals surface area contributed by atoms with Crippen molar-refractivity contribution < 1.29 is 18.7 Å². The van der Waals surface area contributed by atoms with Crippen LogP contribution in [0.25, 0.3) is 21.5 Å². The van der Waals surface area contributed by atoms with Crippen LogP contribution >= 0.6 is 11.6 Å². The normalized spacial score (nSPS) is 18.7. The molecule has 6 nitrogen and oxygen atoms in total. The van der Waals surface area contributed by atoms with Gasteiger partial charge in [-0.2, -0.15) is 0 Å². The second kappa shape index (κ2) is 11.2. The van der Waals surface area contributed by atoms with Crippen molar-refractivity contribution >= 4 is 44.8 Å². The Morgan fingerprint density at radius 3 is 2.68 bits per heavy atom. The summed E-state index contributed by atoms with van der Waals surface area (Å²) in [5, 5.41) is 5.75. The largest absolute Gasteiger partial charge is 0.492 e. The second-order valence-corrected chi connectivity index (χ2v) is 12.8. The predicted octanol–water partition coefficient (Wildman–Crippen LogP) is 7.85. The van der Waals surface area contributed by atoms with Gasteiger partial charge in [-0.25, -0.2) is 4.79 Å². The van der Waals surface area contributed by atoms with Crippen molar-refractivity contribution in [3.63, 3.8) is 0 Å². The molecule has 1 unspecified atom stereocenters. The van der Waals surface area contributed by atoms with Crippen molar-refractivity contribution in [2.24, 2.45) is 0 Å². The number of carbonyl (C=O) groups is 1. The Morgan fingerprint density at radius 1 is 0.955 bits per heavy atom. The number of piperidine rings is 1. The van der Waals surface area contributed by atoms with Crippen LogP contribution in [0.5, 0.6) is 5.75 Å². The predicted molar refractivity (Wildman–Crippen MR) is 174 cm³/mol. The zero-order valence-corrected chi connectivity index (χ0v) is 25.4. The van der Waals surface area contributed by atoms with Crippen molar-refractivity contribution in [3.8, 4) is 5.75 Å². The molecule has 1 atom stereocenters. The van der Waals surface area contributed by atoms with Gasteiger partial charge in [-0.1, -0.05) is 60.1 Å². The molecule has 2 aliphatic heterocycles. The number of halogens is 1. The van der Waals surface area contributed by atoms with Crippen LogP contribution < -0.4 is 10.5 Å². The molecule has 0 spiro atoms. The number of benzene rings is 4. The van der Waals surface area contributed by atoms with Gasteiger partial charge in [0.05, 0.1) is 30.1 Å². The highest BCUT2D eigenvalue weighted by molar-refractivity contribution is 6.33. The van der Waals surface area contributed by atoms with Crippen LogP contribution in [0.2, 0.25) is 5.02 Å². The second-order valence-electron chi connectivity index (χ2n) is 12.4. The highest BCUT2D eigenvalue weighted by Crippen LogP contribution is 2.41. The number of esters is 1. The van der Waals surface area contributed by atoms with E-state index in [1.165, 1.54) is 38.2 Å². The van der Waals surface area contributed by atoms with Crippen molar-refractivity contribution in [2.75, 3.05) is 25.4 Å². The summed E-state index contributed by atoms with van der Waals surface area (Å²) in [6.45, 7) is 2.94. The average Bonchev–Trinajstić information content (AvgIpc) is 3.73. The minimum Gasteiger partial charge on any atom is -0.492 e. The van der Waals surface area contributed by atoms with Crippen LogP contribution in [0.1, 0.15) is 63.6 Å². The molecule has 2 N–H and O–H groups in total. The fraction of sp³-hybridized carbons (Fsp3) is 0.324. The Morgan fingerprint density at radius 2 is 1.80 bits per heavy atom. The Bertz CT molecular complexity index is 1910. The minimum absolute atomic E-state index is 0.148. The minimum atomic E-state index is -0.393. The molecule has 224 valence electrons. The maximum atomic E-state index is 13.1. The van der Waals surface area contributed by atoms with Crippen molar-refractivity contribution in [1.29, 1.82) is 0 Å². The molecule has 0 saturated carbocycles. The van der Waals surface area contributed by atoms with Gasteiger partial charge in [0.25, 0.3) is 0 Å². The fourth-order valence-corrected chi connectivity index (χ4v) is 7.82. The maximum absolute atomic E-state index is 13.1. The highest BCUT2D eigenvalue weighted by atomic mass is 35.5. The molecule has 3 heterocycles. The van der Waals surface area contributed by atoms with Crippen LogP contribution in [0.3, 0.4) is 0 Å². The third-order valence-corrected chi connectivity index (χ3v) is 10.2. The van der Waals surface area contributed by atoms with Gasteiger partial charge >= 0.3 is 5.97 Å². The molecule has 5 aromatic rings. The number of anilines is 1. The topological polar surface area (TPSA) is 77.9 Å². The first-order chi connectivity index (χ1) is 21.5. The number of hydrogen-bond acceptors (Lipinski definition) is 6. The highest BCUT2D eigenvalue weighted by Gasteiger charge is 2.30. The number of nitrogen functional groups attached to an aromatic ring is 1. The number of furan rings is 1. The fourth-order valence-electron chi connectivity index (χ4n) is 7.60. The van der Waals surface area contributed by atoms with Crippen LogP contribution in [0, 0.1) is 0 Å². The smallest absolute Gasteiger partial charge is 0.342 e. The zero-order valence-electron chi connectivity index (χ0n) is 24.6. The first-order valence-electron chi connectivity index (χ1n) is 15.7. The maximum Gasteiger partial charge on any atom is 0.342 e. The van der Waals surface area contributed by atoms with Gasteiger partial charge in [0.2, 0.25) is 0 Å². The number of fused-ring (bicyclic) bond motifs is 6. The summed E-state index contributed by atoms with van der Waals surface area (Å²) in [6, 6.07) is 21.6. The molecule has 3 aliphatic rings. The lowest BCUT2D eigenvalue weighted by atomic mass is 9.78. The van der Waals surface area contributed by atoms with E-state index >= 15 is 0 Å². The Hall–Kier alpha value is -4.00. The number of likely N-dealkylation sites (tertiary alicyclic amines) is 1. The molecular weight excluding hydrogens is 572 g/mol. The first kappa shape index (κ1) is 27.5. The third kappa shape index (κ3) is 4.81. The van der Waals surface area contributed by atoms with E-state index in [2.05, 4.69) is 59.5 Å². The summed E-state index contributed by atoms with van der Waals surface area (Å²) in [6.07, 6.45) is 7.11. The van der Waals surface area contributed by atoms with E-state index < -0.39 is 5.97 Å². The number of aryl methyl sites for hydroxylation is 1. The summed E-state index contributed by atoms with van der Waals surface area (Å²) in [7, 11) is 0. The Labute approximate surface area is 261 Å². The Kier molecular flexibility index (Phi) is 6.99. The van der Waals surface area contributed by atoms with Gasteiger partial charge in [-0.05, 0) is 88.4 Å². The molecule has 8 rings (SSSR count). The summed E-state index contributed by atoms with van der Waals surface area (Å²) in [5.74, 6) is 1.63. The quantitative estimate of drug-likeness (QED) is 0.125. The van der Waals surface area contributed by atoms with E-state index in [0.29, 0.717) is 41.0 Å².